The maximum Gasteiger partial charge on any atom is 0.0541 e. The van der Waals surface area contributed by atoms with E-state index in [1.54, 1.807) is 0 Å². The molecule has 2 aromatic heterocycles. The molecule has 0 amide bonds. The molecule has 2 nitrogen and oxygen atoms in total. The summed E-state index contributed by atoms with van der Waals surface area (Å²) in [5.41, 5.74) is 27.8. The smallest absolute Gasteiger partial charge is 0.0541 e. The predicted octanol–water partition coefficient (Wildman–Crippen LogP) is 22.7. The standard InChI is InChI=1S/C84H58N2/c1-3-15-57(16-4-1)66-19-11-20-67(51-66)64-39-41-65(42-40-64)69-22-13-24-71(53-69)70-23-12-21-68(52-70)63-37-35-60(36-38-63)59-31-33-61(34-32-59)62-43-47-75(48-44-62)85-81-29-9-7-27-77(81)79-55-73(45-49-83(79)85)74-46-50-84-80(56-74)78-28-8-10-30-82(78)86(84)76-26-14-25-72(54-76)58-17-5-2-6-18-58/h1-19,21-56,67H,20H2. The van der Waals surface area contributed by atoms with E-state index in [1.165, 1.54) is 138 Å². The summed E-state index contributed by atoms with van der Waals surface area (Å²) in [6, 6.07) is 116. The summed E-state index contributed by atoms with van der Waals surface area (Å²) in [6.07, 6.45) is 8.00. The van der Waals surface area contributed by atoms with Crippen LogP contribution in [0.3, 0.4) is 0 Å². The molecule has 1 aliphatic rings. The Morgan fingerprint density at radius 1 is 0.233 bits per heavy atom. The lowest BCUT2D eigenvalue weighted by atomic mass is 9.87. The van der Waals surface area contributed by atoms with Crippen LogP contribution in [0.1, 0.15) is 23.5 Å². The fourth-order valence-electron chi connectivity index (χ4n) is 13.2. The lowest BCUT2D eigenvalue weighted by Crippen LogP contribution is -1.99. The first-order valence-corrected chi connectivity index (χ1v) is 29.9. The number of rotatable bonds is 11. The fourth-order valence-corrected chi connectivity index (χ4v) is 13.2. The van der Waals surface area contributed by atoms with Crippen LogP contribution in [0.4, 0.5) is 0 Å². The molecule has 16 rings (SSSR count). The highest BCUT2D eigenvalue weighted by atomic mass is 15.0. The quantitative estimate of drug-likeness (QED) is 0.122. The Labute approximate surface area is 501 Å². The van der Waals surface area contributed by atoms with Gasteiger partial charge in [0.15, 0.2) is 0 Å². The van der Waals surface area contributed by atoms with Crippen molar-refractivity contribution >= 4 is 49.2 Å². The van der Waals surface area contributed by atoms with Crippen molar-refractivity contribution < 1.29 is 0 Å². The second-order valence-corrected chi connectivity index (χ2v) is 22.8. The molecule has 0 aliphatic heterocycles. The zero-order valence-corrected chi connectivity index (χ0v) is 47.4. The van der Waals surface area contributed by atoms with Gasteiger partial charge in [0.1, 0.15) is 0 Å². The lowest BCUT2D eigenvalue weighted by Gasteiger charge is -2.18. The molecule has 2 heteroatoms. The van der Waals surface area contributed by atoms with E-state index in [4.69, 9.17) is 0 Å². The Morgan fingerprint density at radius 2 is 0.581 bits per heavy atom. The molecule has 0 saturated carbocycles. The van der Waals surface area contributed by atoms with Crippen molar-refractivity contribution in [1.82, 2.24) is 9.13 Å². The largest absolute Gasteiger partial charge is 0.309 e. The summed E-state index contributed by atoms with van der Waals surface area (Å²) in [4.78, 5) is 0. The van der Waals surface area contributed by atoms with Crippen molar-refractivity contribution in [3.63, 3.8) is 0 Å². The Morgan fingerprint density at radius 3 is 1.10 bits per heavy atom. The van der Waals surface area contributed by atoms with E-state index in [0.29, 0.717) is 5.92 Å². The van der Waals surface area contributed by atoms with Crippen molar-refractivity contribution in [2.45, 2.75) is 12.3 Å². The van der Waals surface area contributed by atoms with Gasteiger partial charge >= 0.3 is 0 Å². The minimum atomic E-state index is 0.370. The topological polar surface area (TPSA) is 9.86 Å². The normalized spacial score (nSPS) is 13.2. The summed E-state index contributed by atoms with van der Waals surface area (Å²) in [6.45, 7) is 0. The van der Waals surface area contributed by atoms with Gasteiger partial charge in [0.2, 0.25) is 0 Å². The molecule has 0 bridgehead atoms. The van der Waals surface area contributed by atoms with Crippen LogP contribution in [0, 0.1) is 0 Å². The van der Waals surface area contributed by atoms with E-state index in [0.717, 1.165) is 17.8 Å². The maximum absolute atomic E-state index is 2.42. The second-order valence-electron chi connectivity index (χ2n) is 22.8. The van der Waals surface area contributed by atoms with Crippen LogP contribution in [0.2, 0.25) is 0 Å². The molecule has 15 aromatic rings. The molecular weight excluding hydrogens is 1040 g/mol. The minimum absolute atomic E-state index is 0.370. The van der Waals surface area contributed by atoms with Crippen LogP contribution in [-0.4, -0.2) is 9.13 Å². The molecule has 0 saturated heterocycles. The summed E-state index contributed by atoms with van der Waals surface area (Å²) < 4.78 is 4.82. The minimum Gasteiger partial charge on any atom is -0.309 e. The molecule has 1 atom stereocenters. The monoisotopic (exact) mass is 1090 g/mol. The molecule has 0 fully saturated rings. The van der Waals surface area contributed by atoms with Crippen LogP contribution >= 0.6 is 0 Å². The molecule has 1 unspecified atom stereocenters. The van der Waals surface area contributed by atoms with E-state index < -0.39 is 0 Å². The predicted molar refractivity (Wildman–Crippen MR) is 364 cm³/mol. The van der Waals surface area contributed by atoms with E-state index in [-0.39, 0.29) is 0 Å². The molecule has 13 aromatic carbocycles. The highest BCUT2D eigenvalue weighted by Gasteiger charge is 2.18. The Kier molecular flexibility index (Phi) is 12.7. The zero-order chi connectivity index (χ0) is 56.9. The van der Waals surface area contributed by atoms with Crippen molar-refractivity contribution in [2.75, 3.05) is 0 Å². The van der Waals surface area contributed by atoms with Gasteiger partial charge in [-0.15, -0.1) is 0 Å². The lowest BCUT2D eigenvalue weighted by molar-refractivity contribution is 0.857. The van der Waals surface area contributed by atoms with Gasteiger partial charge in [-0.25, -0.2) is 0 Å². The molecule has 404 valence electrons. The number of hydrogen-bond acceptors (Lipinski definition) is 0. The number of hydrogen-bond donors (Lipinski definition) is 0. The van der Waals surface area contributed by atoms with E-state index in [2.05, 4.69) is 343 Å². The maximum atomic E-state index is 2.42. The van der Waals surface area contributed by atoms with Gasteiger partial charge < -0.3 is 9.13 Å². The van der Waals surface area contributed by atoms with E-state index in [9.17, 15) is 0 Å². The van der Waals surface area contributed by atoms with Crippen LogP contribution < -0.4 is 0 Å². The number of nitrogens with zero attached hydrogens (tertiary/aromatic N) is 2. The van der Waals surface area contributed by atoms with Crippen molar-refractivity contribution in [2.24, 2.45) is 0 Å². The van der Waals surface area contributed by atoms with Crippen LogP contribution in [0.5, 0.6) is 0 Å². The average Bonchev–Trinajstić information content (AvgIpc) is 3.26. The first-order chi connectivity index (χ1) is 42.6. The summed E-state index contributed by atoms with van der Waals surface area (Å²) in [7, 11) is 0. The van der Waals surface area contributed by atoms with Gasteiger partial charge in [0.05, 0.1) is 22.1 Å². The molecular formula is C84H58N2. The third-order valence-corrected chi connectivity index (χ3v) is 17.7. The summed E-state index contributed by atoms with van der Waals surface area (Å²) in [5.74, 6) is 0.370. The Hall–Kier alpha value is -11.1. The van der Waals surface area contributed by atoms with Gasteiger partial charge in [-0.05, 0) is 174 Å². The Balaban J connectivity index is 0.620. The molecule has 0 radical (unpaired) electrons. The fraction of sp³-hybridized carbons (Fsp3) is 0.0238. The number of allylic oxidation sites excluding steroid dienone is 4. The number of benzene rings is 13. The number of aromatic nitrogens is 2. The molecule has 0 N–H and O–H groups in total. The number of para-hydroxylation sites is 2. The van der Waals surface area contributed by atoms with Gasteiger partial charge in [0.25, 0.3) is 0 Å². The van der Waals surface area contributed by atoms with Gasteiger partial charge in [-0.3, -0.25) is 0 Å². The van der Waals surface area contributed by atoms with E-state index >= 15 is 0 Å². The van der Waals surface area contributed by atoms with Crippen molar-refractivity contribution in [1.29, 1.82) is 0 Å². The van der Waals surface area contributed by atoms with Gasteiger partial charge in [0, 0.05) is 38.8 Å². The second kappa shape index (κ2) is 21.6. The third kappa shape index (κ3) is 9.35. The number of fused-ring (bicyclic) bond motifs is 6. The first-order valence-electron chi connectivity index (χ1n) is 29.9. The SMILES string of the molecule is C1=CC(c2ccccc2)=CC(c2ccc(-c3cccc(-c4cccc(-c5ccc(-c6ccc(-c7ccc(-n8c9ccccc9c9cc(-c%10ccc%11c(c%10)c%10ccccc%10n%11-c%10cccc(-c%11ccccc%11)c%10)ccc98)cc7)cc6)cc5)c4)c3)cc2)C1. The highest BCUT2D eigenvalue weighted by molar-refractivity contribution is 6.13. The summed E-state index contributed by atoms with van der Waals surface area (Å²) in [5, 5.41) is 4.97. The third-order valence-electron chi connectivity index (χ3n) is 17.7. The highest BCUT2D eigenvalue weighted by Crippen LogP contribution is 2.41. The van der Waals surface area contributed by atoms with E-state index in [1.807, 2.05) is 0 Å². The van der Waals surface area contributed by atoms with Gasteiger partial charge in [-0.2, -0.15) is 0 Å². The van der Waals surface area contributed by atoms with Crippen LogP contribution in [-0.2, 0) is 0 Å². The van der Waals surface area contributed by atoms with Gasteiger partial charge in [-0.1, -0.05) is 261 Å². The Bertz CT molecular complexity index is 5080. The molecule has 2 heterocycles. The molecule has 86 heavy (non-hydrogen) atoms. The van der Waals surface area contributed by atoms with Crippen LogP contribution in [0.15, 0.2) is 334 Å². The van der Waals surface area contributed by atoms with Crippen molar-refractivity contribution in [3.05, 3.63) is 345 Å². The first kappa shape index (κ1) is 50.6. The zero-order valence-electron chi connectivity index (χ0n) is 47.4. The summed E-state index contributed by atoms with van der Waals surface area (Å²) >= 11 is 0. The van der Waals surface area contributed by atoms with Crippen molar-refractivity contribution in [3.8, 4) is 89.3 Å². The molecule has 1 aliphatic carbocycles. The van der Waals surface area contributed by atoms with Crippen LogP contribution in [0.25, 0.3) is 138 Å². The molecule has 0 spiro atoms. The average molecular weight is 1100 g/mol.